The molecule has 0 bridgehead atoms. The van der Waals surface area contributed by atoms with Crippen LogP contribution in [0.15, 0.2) is 53.3 Å². The molecule has 0 unspecified atom stereocenters. The molecule has 25 heavy (non-hydrogen) atoms. The van der Waals surface area contributed by atoms with E-state index in [1.807, 2.05) is 31.2 Å². The summed E-state index contributed by atoms with van der Waals surface area (Å²) in [7, 11) is 0. The molecule has 1 amide bonds. The van der Waals surface area contributed by atoms with Gasteiger partial charge in [0.1, 0.15) is 12.1 Å². The standard InChI is InChI=1S/C19H18N4O2/c1-13-10-11-14-6-2-5-9-17(14)23(13)18(24)12-22-19(25)15-7-3-4-8-16(15)20-21-22/h2-9,13H,10-12H2,1H3/t13-/m0/s1. The van der Waals surface area contributed by atoms with E-state index >= 15 is 0 Å². The number of carbonyl (C=O) groups is 1. The van der Waals surface area contributed by atoms with E-state index in [0.717, 1.165) is 28.8 Å². The highest BCUT2D eigenvalue weighted by molar-refractivity contribution is 5.95. The Bertz CT molecular complexity index is 1010. The van der Waals surface area contributed by atoms with E-state index in [1.165, 1.54) is 0 Å². The molecule has 1 atom stereocenters. The van der Waals surface area contributed by atoms with Crippen molar-refractivity contribution >= 4 is 22.5 Å². The van der Waals surface area contributed by atoms with E-state index in [2.05, 4.69) is 10.3 Å². The molecule has 2 heterocycles. The molecule has 0 aliphatic carbocycles. The first kappa shape index (κ1) is 15.5. The average Bonchev–Trinajstić information content (AvgIpc) is 2.64. The largest absolute Gasteiger partial charge is 0.308 e. The van der Waals surface area contributed by atoms with Gasteiger partial charge in [-0.3, -0.25) is 9.59 Å². The molecule has 0 saturated carbocycles. The smallest absolute Gasteiger partial charge is 0.278 e. The number of para-hydroxylation sites is 1. The third-order valence-corrected chi connectivity index (χ3v) is 4.71. The zero-order chi connectivity index (χ0) is 17.4. The summed E-state index contributed by atoms with van der Waals surface area (Å²) in [6, 6.07) is 15.0. The molecule has 126 valence electrons. The highest BCUT2D eigenvalue weighted by Gasteiger charge is 2.28. The van der Waals surface area contributed by atoms with Crippen LogP contribution < -0.4 is 10.5 Å². The van der Waals surface area contributed by atoms with Gasteiger partial charge in [0.15, 0.2) is 0 Å². The van der Waals surface area contributed by atoms with Gasteiger partial charge in [0, 0.05) is 11.7 Å². The van der Waals surface area contributed by atoms with Crippen LogP contribution in [0.1, 0.15) is 18.9 Å². The Hall–Kier alpha value is -3.02. The van der Waals surface area contributed by atoms with Crippen LogP contribution in [0.5, 0.6) is 0 Å². The number of aromatic nitrogens is 3. The second kappa shape index (κ2) is 6.12. The number of carbonyl (C=O) groups excluding carboxylic acids is 1. The van der Waals surface area contributed by atoms with Crippen molar-refractivity contribution in [1.29, 1.82) is 0 Å². The van der Waals surface area contributed by atoms with Gasteiger partial charge in [-0.2, -0.15) is 0 Å². The van der Waals surface area contributed by atoms with Crippen LogP contribution in [-0.2, 0) is 17.8 Å². The van der Waals surface area contributed by atoms with E-state index in [1.54, 1.807) is 29.2 Å². The molecule has 0 spiro atoms. The third kappa shape index (κ3) is 2.69. The van der Waals surface area contributed by atoms with Crippen molar-refractivity contribution in [3.63, 3.8) is 0 Å². The molecule has 1 aliphatic rings. The molecule has 6 heteroatoms. The van der Waals surface area contributed by atoms with E-state index in [9.17, 15) is 9.59 Å². The van der Waals surface area contributed by atoms with Crippen molar-refractivity contribution in [1.82, 2.24) is 15.0 Å². The Labute approximate surface area is 144 Å². The van der Waals surface area contributed by atoms with Gasteiger partial charge in [-0.25, -0.2) is 4.68 Å². The predicted octanol–water partition coefficient (Wildman–Crippen LogP) is 2.16. The summed E-state index contributed by atoms with van der Waals surface area (Å²) in [5.41, 5.74) is 2.32. The molecule has 0 fully saturated rings. The first-order valence-electron chi connectivity index (χ1n) is 8.37. The monoisotopic (exact) mass is 334 g/mol. The molecule has 6 nitrogen and oxygen atoms in total. The Balaban J connectivity index is 1.69. The number of hydrogen-bond acceptors (Lipinski definition) is 4. The highest BCUT2D eigenvalue weighted by atomic mass is 16.2. The van der Waals surface area contributed by atoms with E-state index < -0.39 is 0 Å². The number of hydrogen-bond donors (Lipinski definition) is 0. The number of aryl methyl sites for hydroxylation is 1. The predicted molar refractivity (Wildman–Crippen MR) is 95.5 cm³/mol. The lowest BCUT2D eigenvalue weighted by Gasteiger charge is -2.35. The minimum absolute atomic E-state index is 0.0894. The zero-order valence-electron chi connectivity index (χ0n) is 13.9. The number of fused-ring (bicyclic) bond motifs is 2. The fraction of sp³-hybridized carbons (Fsp3) is 0.263. The lowest BCUT2D eigenvalue weighted by molar-refractivity contribution is -0.120. The second-order valence-electron chi connectivity index (χ2n) is 6.35. The van der Waals surface area contributed by atoms with Crippen molar-refractivity contribution in [2.45, 2.75) is 32.4 Å². The first-order valence-corrected chi connectivity index (χ1v) is 8.37. The van der Waals surface area contributed by atoms with Crippen molar-refractivity contribution in [2.24, 2.45) is 0 Å². The summed E-state index contributed by atoms with van der Waals surface area (Å²) in [5.74, 6) is -0.147. The van der Waals surface area contributed by atoms with E-state index in [-0.39, 0.29) is 24.1 Å². The number of anilines is 1. The third-order valence-electron chi connectivity index (χ3n) is 4.71. The first-order chi connectivity index (χ1) is 12.1. The molecule has 0 N–H and O–H groups in total. The Morgan fingerprint density at radius 2 is 1.92 bits per heavy atom. The molecule has 0 radical (unpaired) electrons. The molecule has 3 aromatic rings. The van der Waals surface area contributed by atoms with Gasteiger partial charge < -0.3 is 4.90 Å². The average molecular weight is 334 g/mol. The summed E-state index contributed by atoms with van der Waals surface area (Å²) >= 11 is 0. The van der Waals surface area contributed by atoms with E-state index in [0.29, 0.717) is 10.9 Å². The summed E-state index contributed by atoms with van der Waals surface area (Å²) < 4.78 is 1.15. The maximum Gasteiger partial charge on any atom is 0.278 e. The van der Waals surface area contributed by atoms with Gasteiger partial charge in [-0.1, -0.05) is 35.5 Å². The van der Waals surface area contributed by atoms with Crippen molar-refractivity contribution in [2.75, 3.05) is 4.90 Å². The number of rotatable bonds is 2. The summed E-state index contributed by atoms with van der Waals surface area (Å²) in [6.45, 7) is 1.91. The van der Waals surface area contributed by atoms with Crippen LogP contribution in [-0.4, -0.2) is 26.9 Å². The Kier molecular flexibility index (Phi) is 3.80. The molecule has 1 aromatic heterocycles. The van der Waals surface area contributed by atoms with Crippen molar-refractivity contribution in [3.8, 4) is 0 Å². The minimum Gasteiger partial charge on any atom is -0.308 e. The van der Waals surface area contributed by atoms with Gasteiger partial charge in [0.05, 0.1) is 5.39 Å². The fourth-order valence-electron chi connectivity index (χ4n) is 3.40. The van der Waals surface area contributed by atoms with Crippen LogP contribution in [0.2, 0.25) is 0 Å². The van der Waals surface area contributed by atoms with Crippen LogP contribution >= 0.6 is 0 Å². The number of amides is 1. The van der Waals surface area contributed by atoms with Crippen LogP contribution in [0.4, 0.5) is 5.69 Å². The van der Waals surface area contributed by atoms with Crippen LogP contribution in [0.3, 0.4) is 0 Å². The minimum atomic E-state index is -0.295. The highest BCUT2D eigenvalue weighted by Crippen LogP contribution is 2.30. The molecule has 1 aliphatic heterocycles. The maximum atomic E-state index is 12.9. The quantitative estimate of drug-likeness (QED) is 0.720. The molecule has 4 rings (SSSR count). The lowest BCUT2D eigenvalue weighted by atomic mass is 9.96. The van der Waals surface area contributed by atoms with Crippen LogP contribution in [0.25, 0.3) is 10.9 Å². The maximum absolute atomic E-state index is 12.9. The zero-order valence-corrected chi connectivity index (χ0v) is 13.9. The van der Waals surface area contributed by atoms with Gasteiger partial charge in [-0.15, -0.1) is 5.10 Å². The van der Waals surface area contributed by atoms with E-state index in [4.69, 9.17) is 0 Å². The lowest BCUT2D eigenvalue weighted by Crippen LogP contribution is -2.45. The Morgan fingerprint density at radius 1 is 1.16 bits per heavy atom. The molecular formula is C19H18N4O2. The normalized spacial score (nSPS) is 16.7. The summed E-state index contributed by atoms with van der Waals surface area (Å²) in [4.78, 5) is 27.3. The van der Waals surface area contributed by atoms with Crippen LogP contribution in [0, 0.1) is 0 Å². The summed E-state index contributed by atoms with van der Waals surface area (Å²) in [5, 5.41) is 8.44. The molecular weight excluding hydrogens is 316 g/mol. The fourth-order valence-corrected chi connectivity index (χ4v) is 3.40. The van der Waals surface area contributed by atoms with Gasteiger partial charge in [-0.05, 0) is 43.5 Å². The van der Waals surface area contributed by atoms with Gasteiger partial charge in [0.2, 0.25) is 5.91 Å². The van der Waals surface area contributed by atoms with Gasteiger partial charge >= 0.3 is 0 Å². The topological polar surface area (TPSA) is 68.1 Å². The second-order valence-corrected chi connectivity index (χ2v) is 6.35. The SMILES string of the molecule is C[C@H]1CCc2ccccc2N1C(=O)Cn1nnc2ccccc2c1=O. The Morgan fingerprint density at radius 3 is 2.80 bits per heavy atom. The number of nitrogens with zero attached hydrogens (tertiary/aromatic N) is 4. The molecule has 0 saturated heterocycles. The number of benzene rings is 2. The molecule has 2 aromatic carbocycles. The van der Waals surface area contributed by atoms with Crippen molar-refractivity contribution in [3.05, 3.63) is 64.4 Å². The summed E-state index contributed by atoms with van der Waals surface area (Å²) in [6.07, 6.45) is 1.86. The van der Waals surface area contributed by atoms with Gasteiger partial charge in [0.25, 0.3) is 5.56 Å². The van der Waals surface area contributed by atoms with Crippen molar-refractivity contribution < 1.29 is 4.79 Å².